The maximum atomic E-state index is 5.40. The fraction of sp³-hybridized carbons (Fsp3) is 0.900. The summed E-state index contributed by atoms with van der Waals surface area (Å²) in [4.78, 5) is 6.67. The van der Waals surface area contributed by atoms with E-state index in [4.69, 9.17) is 5.84 Å². The Morgan fingerprint density at radius 1 is 1.47 bits per heavy atom. The summed E-state index contributed by atoms with van der Waals surface area (Å²) in [6.07, 6.45) is 3.35. The third-order valence-corrected chi connectivity index (χ3v) is 2.69. The summed E-state index contributed by atoms with van der Waals surface area (Å²) in [6.45, 7) is 5.21. The van der Waals surface area contributed by atoms with Crippen molar-refractivity contribution in [2.24, 2.45) is 10.8 Å². The van der Waals surface area contributed by atoms with Crippen LogP contribution in [0.4, 0.5) is 0 Å². The molecule has 5 nitrogen and oxygen atoms in total. The van der Waals surface area contributed by atoms with Crippen LogP contribution in [0.25, 0.3) is 0 Å². The van der Waals surface area contributed by atoms with Crippen molar-refractivity contribution in [3.05, 3.63) is 0 Å². The van der Waals surface area contributed by atoms with Gasteiger partial charge in [0.1, 0.15) is 0 Å². The molecule has 0 bridgehead atoms. The molecule has 0 atom stereocenters. The molecule has 0 aromatic carbocycles. The summed E-state index contributed by atoms with van der Waals surface area (Å²) in [5.74, 6) is 6.13. The molecule has 1 rings (SSSR count). The molecule has 4 N–H and O–H groups in total. The average Bonchev–Trinajstić information content (AvgIpc) is 2.27. The van der Waals surface area contributed by atoms with Crippen LogP contribution in [-0.2, 0) is 0 Å². The first-order chi connectivity index (χ1) is 7.26. The van der Waals surface area contributed by atoms with E-state index in [0.29, 0.717) is 6.04 Å². The van der Waals surface area contributed by atoms with E-state index in [1.807, 2.05) is 0 Å². The highest BCUT2D eigenvalue weighted by atomic mass is 15.3. The maximum Gasteiger partial charge on any atom is 0.205 e. The highest BCUT2D eigenvalue weighted by molar-refractivity contribution is 5.79. The minimum absolute atomic E-state index is 0.507. The molecule has 88 valence electrons. The second-order valence-corrected chi connectivity index (χ2v) is 4.10. The SMILES string of the molecule is CCCN=C(NN)NC1CCN(C)CC1. The van der Waals surface area contributed by atoms with Crippen LogP contribution in [0.15, 0.2) is 4.99 Å². The van der Waals surface area contributed by atoms with E-state index >= 15 is 0 Å². The van der Waals surface area contributed by atoms with E-state index in [2.05, 4.69) is 34.6 Å². The molecule has 1 aliphatic heterocycles. The molecule has 1 saturated heterocycles. The predicted octanol–water partition coefficient (Wildman–Crippen LogP) is -0.100. The van der Waals surface area contributed by atoms with Crippen molar-refractivity contribution in [1.29, 1.82) is 0 Å². The number of guanidine groups is 1. The zero-order chi connectivity index (χ0) is 11.1. The lowest BCUT2D eigenvalue weighted by molar-refractivity contribution is 0.246. The Balaban J connectivity index is 2.32. The van der Waals surface area contributed by atoms with E-state index in [9.17, 15) is 0 Å². The number of rotatable bonds is 3. The highest BCUT2D eigenvalue weighted by Crippen LogP contribution is 2.07. The number of nitrogens with one attached hydrogen (secondary N) is 2. The van der Waals surface area contributed by atoms with Crippen LogP contribution < -0.4 is 16.6 Å². The van der Waals surface area contributed by atoms with Crippen molar-refractivity contribution in [3.8, 4) is 0 Å². The zero-order valence-corrected chi connectivity index (χ0v) is 9.79. The Hall–Kier alpha value is -0.810. The van der Waals surface area contributed by atoms with Gasteiger partial charge < -0.3 is 10.2 Å². The van der Waals surface area contributed by atoms with Crippen molar-refractivity contribution < 1.29 is 0 Å². The monoisotopic (exact) mass is 213 g/mol. The largest absolute Gasteiger partial charge is 0.353 e. The minimum atomic E-state index is 0.507. The van der Waals surface area contributed by atoms with Gasteiger partial charge in [0.05, 0.1) is 0 Å². The van der Waals surface area contributed by atoms with Crippen LogP contribution in [0.3, 0.4) is 0 Å². The fourth-order valence-corrected chi connectivity index (χ4v) is 1.70. The molecule has 5 heteroatoms. The molecular formula is C10H23N5. The van der Waals surface area contributed by atoms with Gasteiger partial charge in [-0.25, -0.2) is 5.84 Å². The van der Waals surface area contributed by atoms with E-state index in [-0.39, 0.29) is 0 Å². The fourth-order valence-electron chi connectivity index (χ4n) is 1.70. The van der Waals surface area contributed by atoms with Crippen molar-refractivity contribution in [2.75, 3.05) is 26.7 Å². The Labute approximate surface area is 92.1 Å². The van der Waals surface area contributed by atoms with Crippen molar-refractivity contribution >= 4 is 5.96 Å². The number of hydrazine groups is 1. The van der Waals surface area contributed by atoms with Gasteiger partial charge >= 0.3 is 0 Å². The molecule has 0 amide bonds. The van der Waals surface area contributed by atoms with Crippen molar-refractivity contribution in [3.63, 3.8) is 0 Å². The lowest BCUT2D eigenvalue weighted by Gasteiger charge is -2.30. The van der Waals surface area contributed by atoms with Crippen LogP contribution in [-0.4, -0.2) is 43.6 Å². The highest BCUT2D eigenvalue weighted by Gasteiger charge is 2.16. The summed E-state index contributed by atoms with van der Waals surface area (Å²) >= 11 is 0. The summed E-state index contributed by atoms with van der Waals surface area (Å²) in [6, 6.07) is 0.507. The standard InChI is InChI=1S/C10H23N5/c1-3-6-12-10(14-11)13-9-4-7-15(2)8-5-9/h9H,3-8,11H2,1-2H3,(H2,12,13,14). The third kappa shape index (κ3) is 4.48. The quantitative estimate of drug-likeness (QED) is 0.265. The molecule has 1 fully saturated rings. The van der Waals surface area contributed by atoms with E-state index < -0.39 is 0 Å². The Morgan fingerprint density at radius 2 is 2.13 bits per heavy atom. The lowest BCUT2D eigenvalue weighted by Crippen LogP contribution is -2.50. The van der Waals surface area contributed by atoms with Gasteiger partial charge in [0, 0.05) is 12.6 Å². The molecule has 0 saturated carbocycles. The summed E-state index contributed by atoms with van der Waals surface area (Å²) in [5, 5.41) is 3.35. The van der Waals surface area contributed by atoms with Gasteiger partial charge in [0.15, 0.2) is 0 Å². The second kappa shape index (κ2) is 6.63. The zero-order valence-electron chi connectivity index (χ0n) is 9.79. The molecule has 0 radical (unpaired) electrons. The first-order valence-electron chi connectivity index (χ1n) is 5.72. The topological polar surface area (TPSA) is 65.7 Å². The summed E-state index contributed by atoms with van der Waals surface area (Å²) in [7, 11) is 2.16. The summed E-state index contributed by atoms with van der Waals surface area (Å²) in [5.41, 5.74) is 2.62. The Bertz CT molecular complexity index is 196. The van der Waals surface area contributed by atoms with E-state index in [1.54, 1.807) is 0 Å². The van der Waals surface area contributed by atoms with Gasteiger partial charge in [0.25, 0.3) is 0 Å². The van der Waals surface area contributed by atoms with Gasteiger partial charge in [-0.3, -0.25) is 10.4 Å². The third-order valence-electron chi connectivity index (χ3n) is 2.69. The smallest absolute Gasteiger partial charge is 0.205 e. The minimum Gasteiger partial charge on any atom is -0.353 e. The van der Waals surface area contributed by atoms with Crippen molar-refractivity contribution in [1.82, 2.24) is 15.6 Å². The maximum absolute atomic E-state index is 5.40. The van der Waals surface area contributed by atoms with Gasteiger partial charge in [-0.1, -0.05) is 6.92 Å². The Morgan fingerprint density at radius 3 is 2.67 bits per heavy atom. The molecule has 1 heterocycles. The number of hydrogen-bond donors (Lipinski definition) is 3. The van der Waals surface area contributed by atoms with Gasteiger partial charge in [-0.15, -0.1) is 0 Å². The second-order valence-electron chi connectivity index (χ2n) is 4.10. The molecule has 15 heavy (non-hydrogen) atoms. The van der Waals surface area contributed by atoms with Crippen LogP contribution in [0.5, 0.6) is 0 Å². The van der Waals surface area contributed by atoms with Crippen LogP contribution in [0, 0.1) is 0 Å². The number of nitrogens with two attached hydrogens (primary N) is 1. The number of nitrogens with zero attached hydrogens (tertiary/aromatic N) is 2. The number of aliphatic imine (C=N–C) groups is 1. The predicted molar refractivity (Wildman–Crippen MR) is 63.6 cm³/mol. The first kappa shape index (κ1) is 12.3. The van der Waals surface area contributed by atoms with Crippen LogP contribution in [0.1, 0.15) is 26.2 Å². The van der Waals surface area contributed by atoms with Gasteiger partial charge in [-0.2, -0.15) is 0 Å². The normalized spacial score (nSPS) is 20.3. The molecule has 0 aliphatic carbocycles. The van der Waals surface area contributed by atoms with Gasteiger partial charge in [-0.05, 0) is 39.4 Å². The number of piperidine rings is 1. The molecule has 0 aromatic rings. The molecule has 0 aromatic heterocycles. The van der Waals surface area contributed by atoms with Crippen LogP contribution in [0.2, 0.25) is 0 Å². The van der Waals surface area contributed by atoms with Gasteiger partial charge in [0.2, 0.25) is 5.96 Å². The first-order valence-corrected chi connectivity index (χ1v) is 5.72. The van der Waals surface area contributed by atoms with E-state index in [0.717, 1.165) is 44.9 Å². The Kier molecular flexibility index (Phi) is 5.42. The van der Waals surface area contributed by atoms with Crippen LogP contribution >= 0.6 is 0 Å². The molecular weight excluding hydrogens is 190 g/mol. The number of likely N-dealkylation sites (tertiary alicyclic amines) is 1. The summed E-state index contributed by atoms with van der Waals surface area (Å²) < 4.78 is 0. The average molecular weight is 213 g/mol. The van der Waals surface area contributed by atoms with Crippen molar-refractivity contribution in [2.45, 2.75) is 32.2 Å². The molecule has 0 spiro atoms. The lowest BCUT2D eigenvalue weighted by atomic mass is 10.1. The molecule has 0 unspecified atom stereocenters. The van der Waals surface area contributed by atoms with E-state index in [1.165, 1.54) is 0 Å². The number of hydrogen-bond acceptors (Lipinski definition) is 3. The molecule has 1 aliphatic rings.